The van der Waals surface area contributed by atoms with Crippen LogP contribution in [-0.4, -0.2) is 42.1 Å². The van der Waals surface area contributed by atoms with Gasteiger partial charge in [-0.25, -0.2) is 0 Å². The third-order valence-electron chi connectivity index (χ3n) is 10.4. The fourth-order valence-electron chi connectivity index (χ4n) is 8.55. The number of carbonyl (C=O) groups excluding carboxylic acids is 2. The predicted octanol–water partition coefficient (Wildman–Crippen LogP) is 5.37. The first-order chi connectivity index (χ1) is 15.8. The summed E-state index contributed by atoms with van der Waals surface area (Å²) in [6.45, 7) is 5.86. The van der Waals surface area contributed by atoms with Crippen LogP contribution in [0.5, 0.6) is 0 Å². The molecule has 1 heterocycles. The van der Waals surface area contributed by atoms with Crippen LogP contribution in [0.15, 0.2) is 35.2 Å². The molecule has 0 bridgehead atoms. The minimum Gasteiger partial charge on any atom is -0.355 e. The highest BCUT2D eigenvalue weighted by Gasteiger charge is 2.60. The highest BCUT2D eigenvalue weighted by atomic mass is 32.2. The van der Waals surface area contributed by atoms with Crippen molar-refractivity contribution in [3.05, 3.63) is 30.3 Å². The monoisotopic (exact) mass is 468 g/mol. The van der Waals surface area contributed by atoms with Crippen LogP contribution in [0.4, 0.5) is 0 Å². The molecule has 7 atom stereocenters. The van der Waals surface area contributed by atoms with Crippen molar-refractivity contribution in [1.29, 1.82) is 0 Å². The molecule has 1 N–H and O–H groups in total. The van der Waals surface area contributed by atoms with Gasteiger partial charge in [-0.15, -0.1) is 11.8 Å². The van der Waals surface area contributed by atoms with Crippen LogP contribution in [0.3, 0.4) is 0 Å². The second-order valence-corrected chi connectivity index (χ2v) is 12.8. The van der Waals surface area contributed by atoms with Crippen LogP contribution in [0, 0.1) is 34.5 Å². The van der Waals surface area contributed by atoms with Gasteiger partial charge in [0.15, 0.2) is 0 Å². The van der Waals surface area contributed by atoms with Crippen molar-refractivity contribution in [2.45, 2.75) is 76.2 Å². The summed E-state index contributed by atoms with van der Waals surface area (Å²) in [7, 11) is 2.04. The Kier molecular flexibility index (Phi) is 6.30. The van der Waals surface area contributed by atoms with Crippen LogP contribution >= 0.6 is 11.8 Å². The molecule has 33 heavy (non-hydrogen) atoms. The number of carbonyl (C=O) groups is 2. The third-order valence-corrected chi connectivity index (χ3v) is 11.4. The number of rotatable bonds is 5. The molecule has 0 radical (unpaired) electrons. The smallest absolute Gasteiger partial charge is 0.230 e. The Morgan fingerprint density at radius 1 is 1.03 bits per heavy atom. The van der Waals surface area contributed by atoms with E-state index in [0.29, 0.717) is 29.0 Å². The van der Waals surface area contributed by atoms with Gasteiger partial charge in [0, 0.05) is 31.0 Å². The van der Waals surface area contributed by atoms with Crippen LogP contribution in [-0.2, 0) is 9.59 Å². The van der Waals surface area contributed by atoms with Crippen molar-refractivity contribution in [1.82, 2.24) is 10.2 Å². The lowest BCUT2D eigenvalue weighted by Crippen LogP contribution is -2.61. The molecule has 4 aliphatic rings. The third kappa shape index (κ3) is 4.02. The highest BCUT2D eigenvalue weighted by molar-refractivity contribution is 8.00. The second kappa shape index (κ2) is 8.94. The molecule has 0 spiro atoms. The molecule has 1 aromatic carbocycles. The number of nitrogens with one attached hydrogen (secondary N) is 1. The maximum absolute atomic E-state index is 12.6. The van der Waals surface area contributed by atoms with Gasteiger partial charge in [0.1, 0.15) is 0 Å². The maximum Gasteiger partial charge on any atom is 0.230 e. The number of likely N-dealkylation sites (tertiary alicyclic amines) is 1. The molecule has 1 aliphatic heterocycles. The summed E-state index contributed by atoms with van der Waals surface area (Å²) >= 11 is 1.62. The molecule has 3 saturated carbocycles. The number of thioether (sulfide) groups is 1. The van der Waals surface area contributed by atoms with E-state index in [2.05, 4.69) is 36.2 Å². The number of hydrogen-bond donors (Lipinski definition) is 1. The molecule has 5 heteroatoms. The lowest BCUT2D eigenvalue weighted by Gasteiger charge is -2.61. The average molecular weight is 469 g/mol. The van der Waals surface area contributed by atoms with Crippen molar-refractivity contribution in [2.24, 2.45) is 34.5 Å². The average Bonchev–Trinajstić information content (AvgIpc) is 3.16. The van der Waals surface area contributed by atoms with Gasteiger partial charge in [-0.2, -0.15) is 0 Å². The quantitative estimate of drug-likeness (QED) is 0.591. The van der Waals surface area contributed by atoms with Crippen LogP contribution < -0.4 is 5.32 Å². The van der Waals surface area contributed by atoms with E-state index in [1.54, 1.807) is 11.8 Å². The van der Waals surface area contributed by atoms with E-state index in [1.165, 1.54) is 38.5 Å². The molecule has 3 aliphatic carbocycles. The Morgan fingerprint density at radius 2 is 1.79 bits per heavy atom. The van der Waals surface area contributed by atoms with Gasteiger partial charge < -0.3 is 10.2 Å². The minimum atomic E-state index is 0.160. The minimum absolute atomic E-state index is 0.160. The molecule has 4 nitrogen and oxygen atoms in total. The summed E-state index contributed by atoms with van der Waals surface area (Å²) in [5, 5.41) is 3.28. The second-order valence-electron chi connectivity index (χ2n) is 11.7. The summed E-state index contributed by atoms with van der Waals surface area (Å²) < 4.78 is 0. The first kappa shape index (κ1) is 23.3. The van der Waals surface area contributed by atoms with Gasteiger partial charge >= 0.3 is 0 Å². The first-order valence-corrected chi connectivity index (χ1v) is 14.0. The van der Waals surface area contributed by atoms with Gasteiger partial charge in [0.05, 0.1) is 5.75 Å². The lowest BCUT2D eigenvalue weighted by atomic mass is 9.47. The van der Waals surface area contributed by atoms with E-state index >= 15 is 0 Å². The standard InChI is InChI=1S/C28H40N2O2S/c1-27-15-13-23-21(10-12-24-28(23,2)16-14-26(32)30(24)3)22(27)11-9-19(27)17-29-25(31)18-33-20-7-5-4-6-8-20/h4-8,19,21-24H,9-18H2,1-3H3,(H,29,31)/t19?,21-,22-,23+,24?,27+,28+/m0/s1. The van der Waals surface area contributed by atoms with Gasteiger partial charge in [0.2, 0.25) is 11.8 Å². The largest absolute Gasteiger partial charge is 0.355 e. The van der Waals surface area contributed by atoms with E-state index in [1.807, 2.05) is 25.2 Å². The van der Waals surface area contributed by atoms with Crippen LogP contribution in [0.2, 0.25) is 0 Å². The molecule has 1 saturated heterocycles. The van der Waals surface area contributed by atoms with Gasteiger partial charge in [-0.05, 0) is 91.6 Å². The number of hydrogen-bond acceptors (Lipinski definition) is 3. The van der Waals surface area contributed by atoms with Crippen LogP contribution in [0.25, 0.3) is 0 Å². The number of piperidine rings is 1. The van der Waals surface area contributed by atoms with Gasteiger partial charge in [-0.1, -0.05) is 32.0 Å². The van der Waals surface area contributed by atoms with Crippen molar-refractivity contribution >= 4 is 23.6 Å². The zero-order valence-electron chi connectivity index (χ0n) is 20.5. The van der Waals surface area contributed by atoms with E-state index in [9.17, 15) is 9.59 Å². The summed E-state index contributed by atoms with van der Waals surface area (Å²) in [5.41, 5.74) is 0.633. The summed E-state index contributed by atoms with van der Waals surface area (Å²) in [6.07, 6.45) is 9.37. The van der Waals surface area contributed by atoms with E-state index < -0.39 is 0 Å². The van der Waals surface area contributed by atoms with Crippen molar-refractivity contribution in [3.8, 4) is 0 Å². The topological polar surface area (TPSA) is 49.4 Å². The van der Waals surface area contributed by atoms with E-state index in [0.717, 1.165) is 42.0 Å². The number of nitrogens with zero attached hydrogens (tertiary/aromatic N) is 1. The number of amides is 2. The zero-order chi connectivity index (χ0) is 23.2. The Balaban J connectivity index is 1.21. The zero-order valence-corrected chi connectivity index (χ0v) is 21.3. The Labute approximate surface area is 203 Å². The van der Waals surface area contributed by atoms with Crippen LogP contribution in [0.1, 0.15) is 65.2 Å². The van der Waals surface area contributed by atoms with Crippen molar-refractivity contribution in [3.63, 3.8) is 0 Å². The van der Waals surface area contributed by atoms with Gasteiger partial charge in [0.25, 0.3) is 0 Å². The molecule has 2 amide bonds. The molecular weight excluding hydrogens is 428 g/mol. The summed E-state index contributed by atoms with van der Waals surface area (Å²) in [4.78, 5) is 28.2. The first-order valence-electron chi connectivity index (χ1n) is 13.0. The highest BCUT2D eigenvalue weighted by Crippen LogP contribution is 2.66. The summed E-state index contributed by atoms with van der Waals surface area (Å²) in [5.74, 6) is 3.91. The molecular formula is C28H40N2O2S. The number of fused-ring (bicyclic) bond motifs is 5. The molecule has 180 valence electrons. The van der Waals surface area contributed by atoms with Gasteiger partial charge in [-0.3, -0.25) is 9.59 Å². The van der Waals surface area contributed by atoms with Crippen molar-refractivity contribution < 1.29 is 9.59 Å². The maximum atomic E-state index is 12.6. The molecule has 1 aromatic rings. The fourth-order valence-corrected chi connectivity index (χ4v) is 9.30. The SMILES string of the molecule is CN1C(=O)CC[C@@]2(C)C1CC[C@@H]1[C@H]2CC[C@]2(C)C(CNC(=O)CSc3ccccc3)CC[C@@H]12. The summed E-state index contributed by atoms with van der Waals surface area (Å²) in [6, 6.07) is 10.6. The predicted molar refractivity (Wildman–Crippen MR) is 134 cm³/mol. The van der Waals surface area contributed by atoms with Crippen molar-refractivity contribution in [2.75, 3.05) is 19.3 Å². The molecule has 0 aromatic heterocycles. The molecule has 4 fully saturated rings. The normalized spacial score (nSPS) is 40.0. The Bertz CT molecular complexity index is 891. The Morgan fingerprint density at radius 3 is 2.58 bits per heavy atom. The molecule has 5 rings (SSSR count). The van der Waals surface area contributed by atoms with E-state index in [-0.39, 0.29) is 11.3 Å². The van der Waals surface area contributed by atoms with E-state index in [4.69, 9.17) is 0 Å². The molecule has 2 unspecified atom stereocenters. The number of benzene rings is 1. The fraction of sp³-hybridized carbons (Fsp3) is 0.714. The lowest BCUT2D eigenvalue weighted by molar-refractivity contribution is -0.158. The Hall–Kier alpha value is -1.49.